The lowest BCUT2D eigenvalue weighted by Gasteiger charge is -2.32. The standard InChI is InChI=1S/C25H28Cl4N2O2S/c1-2-23(25(33)30-18-6-3-4-7-18)31(13-19-20(27)8-5-9-21(19)28)24(32)15-34-14-16-10-11-17(26)12-22(16)29/h5,8-12,18,23H,2-4,6-7,13-15H2,1H3,(H,30,33)/t23-/m1/s1. The van der Waals surface area contributed by atoms with Crippen molar-refractivity contribution in [3.63, 3.8) is 0 Å². The second kappa shape index (κ2) is 13.3. The van der Waals surface area contributed by atoms with Crippen molar-refractivity contribution in [3.8, 4) is 0 Å². The Bertz CT molecular complexity index is 994. The van der Waals surface area contributed by atoms with Gasteiger partial charge >= 0.3 is 0 Å². The van der Waals surface area contributed by atoms with E-state index in [4.69, 9.17) is 46.4 Å². The van der Waals surface area contributed by atoms with E-state index in [0.29, 0.717) is 37.8 Å². The minimum Gasteiger partial charge on any atom is -0.352 e. The van der Waals surface area contributed by atoms with Crippen molar-refractivity contribution in [1.29, 1.82) is 0 Å². The van der Waals surface area contributed by atoms with Gasteiger partial charge < -0.3 is 10.2 Å². The first-order chi connectivity index (χ1) is 16.3. The first-order valence-electron chi connectivity index (χ1n) is 11.3. The summed E-state index contributed by atoms with van der Waals surface area (Å²) in [6.07, 6.45) is 4.67. The lowest BCUT2D eigenvalue weighted by Crippen LogP contribution is -2.51. The Morgan fingerprint density at radius 3 is 2.35 bits per heavy atom. The summed E-state index contributed by atoms with van der Waals surface area (Å²) in [6, 6.07) is 10.1. The summed E-state index contributed by atoms with van der Waals surface area (Å²) < 4.78 is 0. The average molecular weight is 562 g/mol. The largest absolute Gasteiger partial charge is 0.352 e. The Morgan fingerprint density at radius 1 is 1.06 bits per heavy atom. The molecule has 2 aromatic carbocycles. The molecule has 1 atom stereocenters. The summed E-state index contributed by atoms with van der Waals surface area (Å²) in [5, 5.41) is 5.21. The van der Waals surface area contributed by atoms with E-state index >= 15 is 0 Å². The highest BCUT2D eigenvalue weighted by atomic mass is 35.5. The van der Waals surface area contributed by atoms with Crippen LogP contribution in [0, 0.1) is 0 Å². The molecule has 1 aliphatic carbocycles. The predicted octanol–water partition coefficient (Wildman–Crippen LogP) is 7.40. The van der Waals surface area contributed by atoms with Gasteiger partial charge in [-0.05, 0) is 49.1 Å². The third-order valence-electron chi connectivity index (χ3n) is 5.98. The smallest absolute Gasteiger partial charge is 0.243 e. The molecule has 0 spiro atoms. The predicted molar refractivity (Wildman–Crippen MR) is 144 cm³/mol. The van der Waals surface area contributed by atoms with E-state index in [9.17, 15) is 9.59 Å². The van der Waals surface area contributed by atoms with Crippen LogP contribution in [0.25, 0.3) is 0 Å². The van der Waals surface area contributed by atoms with Crippen molar-refractivity contribution >= 4 is 70.0 Å². The molecule has 2 aromatic rings. The van der Waals surface area contributed by atoms with Crippen molar-refractivity contribution in [1.82, 2.24) is 10.2 Å². The van der Waals surface area contributed by atoms with Crippen LogP contribution in [0.1, 0.15) is 50.2 Å². The Labute approximate surface area is 225 Å². The van der Waals surface area contributed by atoms with Gasteiger partial charge in [0, 0.05) is 44.0 Å². The van der Waals surface area contributed by atoms with Crippen molar-refractivity contribution in [2.24, 2.45) is 0 Å². The molecular formula is C25H28Cl4N2O2S. The van der Waals surface area contributed by atoms with Crippen molar-refractivity contribution < 1.29 is 9.59 Å². The zero-order chi connectivity index (χ0) is 24.7. The van der Waals surface area contributed by atoms with Crippen LogP contribution in [0.5, 0.6) is 0 Å². The monoisotopic (exact) mass is 560 g/mol. The highest BCUT2D eigenvalue weighted by Gasteiger charge is 2.31. The fourth-order valence-corrected chi connectivity index (χ4v) is 6.10. The van der Waals surface area contributed by atoms with Gasteiger partial charge in [-0.1, -0.05) is 78.3 Å². The van der Waals surface area contributed by atoms with Crippen LogP contribution in [0.15, 0.2) is 36.4 Å². The number of halogens is 4. The van der Waals surface area contributed by atoms with E-state index in [1.54, 1.807) is 35.2 Å². The number of nitrogens with one attached hydrogen (secondary N) is 1. The van der Waals surface area contributed by atoms with Crippen LogP contribution in [0.4, 0.5) is 0 Å². The second-order valence-electron chi connectivity index (χ2n) is 8.36. The lowest BCUT2D eigenvalue weighted by atomic mass is 10.1. The Balaban J connectivity index is 1.76. The molecule has 0 unspecified atom stereocenters. The minimum absolute atomic E-state index is 0.128. The summed E-state index contributed by atoms with van der Waals surface area (Å²) in [5.74, 6) is 0.456. The number of amides is 2. The molecule has 0 bridgehead atoms. The molecule has 4 nitrogen and oxygen atoms in total. The number of carbonyl (C=O) groups is 2. The Morgan fingerprint density at radius 2 is 1.74 bits per heavy atom. The van der Waals surface area contributed by atoms with Gasteiger partial charge in [0.25, 0.3) is 0 Å². The van der Waals surface area contributed by atoms with Gasteiger partial charge in [-0.15, -0.1) is 11.8 Å². The molecule has 184 valence electrons. The van der Waals surface area contributed by atoms with Gasteiger partial charge in [-0.3, -0.25) is 9.59 Å². The van der Waals surface area contributed by atoms with Crippen LogP contribution in [0.3, 0.4) is 0 Å². The summed E-state index contributed by atoms with van der Waals surface area (Å²) in [5.41, 5.74) is 1.53. The first kappa shape index (κ1) is 27.5. The number of thioether (sulfide) groups is 1. The third kappa shape index (κ3) is 7.44. The molecule has 34 heavy (non-hydrogen) atoms. The van der Waals surface area contributed by atoms with Crippen molar-refractivity contribution in [3.05, 3.63) is 67.6 Å². The number of nitrogens with zero attached hydrogens (tertiary/aromatic N) is 1. The van der Waals surface area contributed by atoms with Gasteiger partial charge in [0.2, 0.25) is 11.8 Å². The fraction of sp³-hybridized carbons (Fsp3) is 0.440. The summed E-state index contributed by atoms with van der Waals surface area (Å²) in [4.78, 5) is 28.2. The minimum atomic E-state index is -0.611. The molecule has 0 aliphatic heterocycles. The number of hydrogen-bond acceptors (Lipinski definition) is 3. The van der Waals surface area contributed by atoms with E-state index < -0.39 is 6.04 Å². The molecule has 1 fully saturated rings. The SMILES string of the molecule is CC[C@H](C(=O)NC1CCCC1)N(Cc1c(Cl)cccc1Cl)C(=O)CSCc1ccc(Cl)cc1Cl. The highest BCUT2D eigenvalue weighted by Crippen LogP contribution is 2.29. The van der Waals surface area contributed by atoms with Crippen molar-refractivity contribution in [2.75, 3.05) is 5.75 Å². The number of carbonyl (C=O) groups excluding carboxylic acids is 2. The van der Waals surface area contributed by atoms with E-state index in [2.05, 4.69) is 5.32 Å². The number of benzene rings is 2. The quantitative estimate of drug-likeness (QED) is 0.329. The van der Waals surface area contributed by atoms with E-state index in [0.717, 1.165) is 31.2 Å². The molecule has 0 aromatic heterocycles. The van der Waals surface area contributed by atoms with Crippen molar-refractivity contribution in [2.45, 2.75) is 63.4 Å². The van der Waals surface area contributed by atoms with Gasteiger partial charge in [-0.2, -0.15) is 0 Å². The van der Waals surface area contributed by atoms with E-state index in [1.165, 1.54) is 11.8 Å². The Kier molecular flexibility index (Phi) is 10.7. The van der Waals surface area contributed by atoms with Crippen LogP contribution in [0.2, 0.25) is 20.1 Å². The molecule has 1 N–H and O–H groups in total. The number of hydrogen-bond donors (Lipinski definition) is 1. The lowest BCUT2D eigenvalue weighted by molar-refractivity contribution is -0.139. The van der Waals surface area contributed by atoms with Gasteiger partial charge in [0.15, 0.2) is 0 Å². The van der Waals surface area contributed by atoms with Crippen LogP contribution >= 0.6 is 58.2 Å². The molecule has 2 amide bonds. The van der Waals surface area contributed by atoms with E-state index in [1.807, 2.05) is 13.0 Å². The fourth-order valence-electron chi connectivity index (χ4n) is 4.11. The summed E-state index contributed by atoms with van der Waals surface area (Å²) in [7, 11) is 0. The van der Waals surface area contributed by atoms with Gasteiger partial charge in [-0.25, -0.2) is 0 Å². The molecule has 0 heterocycles. The summed E-state index contributed by atoms with van der Waals surface area (Å²) >= 11 is 26.5. The van der Waals surface area contributed by atoms with Crippen LogP contribution in [-0.2, 0) is 21.9 Å². The normalized spacial score (nSPS) is 14.7. The topological polar surface area (TPSA) is 49.4 Å². The molecule has 3 rings (SSSR count). The maximum Gasteiger partial charge on any atom is 0.243 e. The maximum absolute atomic E-state index is 13.4. The van der Waals surface area contributed by atoms with Gasteiger partial charge in [0.05, 0.1) is 5.75 Å². The van der Waals surface area contributed by atoms with Crippen LogP contribution in [-0.4, -0.2) is 34.6 Å². The second-order valence-corrected chi connectivity index (χ2v) is 11.0. The maximum atomic E-state index is 13.4. The third-order valence-corrected chi connectivity index (χ3v) is 8.24. The van der Waals surface area contributed by atoms with Crippen LogP contribution < -0.4 is 5.32 Å². The summed E-state index contributed by atoms with van der Waals surface area (Å²) in [6.45, 7) is 2.07. The molecule has 9 heteroatoms. The zero-order valence-electron chi connectivity index (χ0n) is 19.0. The zero-order valence-corrected chi connectivity index (χ0v) is 22.8. The molecule has 1 saturated carbocycles. The van der Waals surface area contributed by atoms with Gasteiger partial charge in [0.1, 0.15) is 6.04 Å². The molecule has 0 radical (unpaired) electrons. The first-order valence-corrected chi connectivity index (χ1v) is 14.0. The Hall–Kier alpha value is -1.11. The van der Waals surface area contributed by atoms with E-state index in [-0.39, 0.29) is 30.2 Å². The number of rotatable bonds is 10. The highest BCUT2D eigenvalue weighted by molar-refractivity contribution is 7.99. The molecule has 0 saturated heterocycles. The average Bonchev–Trinajstić information content (AvgIpc) is 3.30. The molecular weight excluding hydrogens is 534 g/mol. The molecule has 1 aliphatic rings.